The molecule has 3 rings (SSSR count). The number of rotatable bonds is 3. The third-order valence-corrected chi connectivity index (χ3v) is 3.85. The van der Waals surface area contributed by atoms with Crippen LogP contribution in [0.2, 0.25) is 0 Å². The smallest absolute Gasteiger partial charge is 0.171 e. The van der Waals surface area contributed by atoms with Crippen LogP contribution in [0.15, 0.2) is 36.4 Å². The van der Waals surface area contributed by atoms with Crippen molar-refractivity contribution in [3.63, 3.8) is 0 Å². The van der Waals surface area contributed by atoms with E-state index in [1.165, 1.54) is 0 Å². The Kier molecular flexibility index (Phi) is 3.39. The van der Waals surface area contributed by atoms with Gasteiger partial charge in [-0.1, -0.05) is 30.3 Å². The first-order valence-electron chi connectivity index (χ1n) is 7.00. The van der Waals surface area contributed by atoms with Crippen LogP contribution >= 0.6 is 0 Å². The zero-order chi connectivity index (χ0) is 15.0. The molecule has 4 heteroatoms. The largest absolute Gasteiger partial charge is 0.453 e. The van der Waals surface area contributed by atoms with Crippen molar-refractivity contribution in [2.24, 2.45) is 12.8 Å². The summed E-state index contributed by atoms with van der Waals surface area (Å²) in [6.07, 6.45) is 0. The van der Waals surface area contributed by atoms with E-state index in [9.17, 15) is 0 Å². The van der Waals surface area contributed by atoms with Crippen LogP contribution in [-0.2, 0) is 13.6 Å². The lowest BCUT2D eigenvalue weighted by Crippen LogP contribution is -1.98. The average Bonchev–Trinajstić information content (AvgIpc) is 2.74. The molecule has 0 bridgehead atoms. The van der Waals surface area contributed by atoms with Crippen molar-refractivity contribution in [2.75, 3.05) is 0 Å². The van der Waals surface area contributed by atoms with Gasteiger partial charge in [0.15, 0.2) is 5.75 Å². The van der Waals surface area contributed by atoms with Crippen LogP contribution < -0.4 is 10.5 Å². The van der Waals surface area contributed by atoms with Crippen molar-refractivity contribution in [2.45, 2.75) is 20.4 Å². The minimum absolute atomic E-state index is 0.520. The van der Waals surface area contributed by atoms with Gasteiger partial charge in [0.05, 0.1) is 5.69 Å². The van der Waals surface area contributed by atoms with E-state index in [-0.39, 0.29) is 0 Å². The molecule has 4 nitrogen and oxygen atoms in total. The van der Waals surface area contributed by atoms with Gasteiger partial charge in [0.2, 0.25) is 0 Å². The van der Waals surface area contributed by atoms with E-state index in [0.29, 0.717) is 6.54 Å². The van der Waals surface area contributed by atoms with Gasteiger partial charge in [-0.3, -0.25) is 4.68 Å². The van der Waals surface area contributed by atoms with Gasteiger partial charge in [0.25, 0.3) is 0 Å². The monoisotopic (exact) mass is 281 g/mol. The molecule has 0 aliphatic rings. The van der Waals surface area contributed by atoms with Gasteiger partial charge < -0.3 is 10.5 Å². The van der Waals surface area contributed by atoms with Crippen molar-refractivity contribution in [1.29, 1.82) is 0 Å². The molecule has 1 aromatic heterocycles. The van der Waals surface area contributed by atoms with Crippen LogP contribution in [-0.4, -0.2) is 9.78 Å². The molecule has 0 saturated heterocycles. The lowest BCUT2D eigenvalue weighted by atomic mass is 10.0. The van der Waals surface area contributed by atoms with Gasteiger partial charge in [-0.25, -0.2) is 0 Å². The van der Waals surface area contributed by atoms with Crippen molar-refractivity contribution >= 4 is 10.8 Å². The number of aromatic nitrogens is 2. The predicted octanol–water partition coefficient (Wildman–Crippen LogP) is 3.44. The minimum Gasteiger partial charge on any atom is -0.453 e. The molecule has 108 valence electrons. The summed E-state index contributed by atoms with van der Waals surface area (Å²) in [6, 6.07) is 12.2. The molecule has 3 aromatic rings. The van der Waals surface area contributed by atoms with Crippen LogP contribution in [0.5, 0.6) is 11.5 Å². The first-order valence-corrected chi connectivity index (χ1v) is 7.00. The number of benzene rings is 2. The minimum atomic E-state index is 0.520. The molecule has 1 heterocycles. The highest BCUT2D eigenvalue weighted by molar-refractivity contribution is 5.91. The molecular formula is C17H19N3O. The van der Waals surface area contributed by atoms with E-state index in [2.05, 4.69) is 17.2 Å². The fourth-order valence-corrected chi connectivity index (χ4v) is 2.61. The topological polar surface area (TPSA) is 53.1 Å². The summed E-state index contributed by atoms with van der Waals surface area (Å²) in [7, 11) is 1.92. The van der Waals surface area contributed by atoms with Crippen molar-refractivity contribution < 1.29 is 4.74 Å². The second kappa shape index (κ2) is 5.22. The van der Waals surface area contributed by atoms with Gasteiger partial charge in [0.1, 0.15) is 11.4 Å². The van der Waals surface area contributed by atoms with E-state index in [1.807, 2.05) is 49.8 Å². The number of nitrogens with zero attached hydrogens (tertiary/aromatic N) is 2. The molecule has 0 saturated carbocycles. The zero-order valence-electron chi connectivity index (χ0n) is 12.6. The molecule has 0 spiro atoms. The Labute approximate surface area is 124 Å². The first-order chi connectivity index (χ1) is 10.1. The van der Waals surface area contributed by atoms with Gasteiger partial charge in [-0.15, -0.1) is 0 Å². The van der Waals surface area contributed by atoms with Crippen LogP contribution in [0.3, 0.4) is 0 Å². The maximum atomic E-state index is 6.15. The third-order valence-electron chi connectivity index (χ3n) is 3.85. The fourth-order valence-electron chi connectivity index (χ4n) is 2.61. The highest BCUT2D eigenvalue weighted by Crippen LogP contribution is 2.34. The lowest BCUT2D eigenvalue weighted by Gasteiger charge is -2.12. The van der Waals surface area contributed by atoms with Crippen LogP contribution in [0, 0.1) is 13.8 Å². The van der Waals surface area contributed by atoms with Crippen molar-refractivity contribution in [3.05, 3.63) is 53.3 Å². The second-order valence-corrected chi connectivity index (χ2v) is 5.20. The Hall–Kier alpha value is -2.33. The summed E-state index contributed by atoms with van der Waals surface area (Å²) in [5, 5.41) is 6.60. The Morgan fingerprint density at radius 1 is 1.10 bits per heavy atom. The molecule has 0 atom stereocenters. The molecule has 0 amide bonds. The van der Waals surface area contributed by atoms with Crippen LogP contribution in [0.25, 0.3) is 10.8 Å². The summed E-state index contributed by atoms with van der Waals surface area (Å²) in [5.74, 6) is 1.66. The van der Waals surface area contributed by atoms with Crippen molar-refractivity contribution in [3.8, 4) is 11.5 Å². The summed E-state index contributed by atoms with van der Waals surface area (Å²) < 4.78 is 7.98. The SMILES string of the molecule is Cc1nn(C)c(C)c1Oc1ccc(CN)c2ccccc12. The predicted molar refractivity (Wildman–Crippen MR) is 84.6 cm³/mol. The Bertz CT molecular complexity index is 805. The zero-order valence-corrected chi connectivity index (χ0v) is 12.6. The highest BCUT2D eigenvalue weighted by atomic mass is 16.5. The summed E-state index contributed by atoms with van der Waals surface area (Å²) in [5.41, 5.74) is 8.84. The molecular weight excluding hydrogens is 262 g/mol. The Morgan fingerprint density at radius 2 is 1.81 bits per heavy atom. The maximum absolute atomic E-state index is 6.15. The molecule has 0 aliphatic heterocycles. The molecule has 0 aliphatic carbocycles. The summed E-state index contributed by atoms with van der Waals surface area (Å²) in [6.45, 7) is 4.48. The number of ether oxygens (including phenoxy) is 1. The van der Waals surface area contributed by atoms with Gasteiger partial charge in [-0.2, -0.15) is 5.10 Å². The maximum Gasteiger partial charge on any atom is 0.171 e. The van der Waals surface area contributed by atoms with Crippen LogP contribution in [0.4, 0.5) is 0 Å². The number of hydrogen-bond acceptors (Lipinski definition) is 3. The van der Waals surface area contributed by atoms with Gasteiger partial charge in [0, 0.05) is 19.0 Å². The number of hydrogen-bond donors (Lipinski definition) is 1. The first kappa shape index (κ1) is 13.6. The van der Waals surface area contributed by atoms with E-state index in [4.69, 9.17) is 10.5 Å². The third kappa shape index (κ3) is 2.28. The molecule has 0 fully saturated rings. The molecule has 2 N–H and O–H groups in total. The lowest BCUT2D eigenvalue weighted by molar-refractivity contribution is 0.479. The highest BCUT2D eigenvalue weighted by Gasteiger charge is 2.14. The van der Waals surface area contributed by atoms with E-state index >= 15 is 0 Å². The number of nitrogens with two attached hydrogens (primary N) is 1. The molecule has 0 radical (unpaired) electrons. The Morgan fingerprint density at radius 3 is 2.43 bits per heavy atom. The second-order valence-electron chi connectivity index (χ2n) is 5.20. The quantitative estimate of drug-likeness (QED) is 0.800. The Balaban J connectivity index is 2.13. The van der Waals surface area contributed by atoms with Gasteiger partial charge >= 0.3 is 0 Å². The average molecular weight is 281 g/mol. The normalized spacial score (nSPS) is 11.0. The number of aryl methyl sites for hydroxylation is 2. The number of fused-ring (bicyclic) bond motifs is 1. The van der Waals surface area contributed by atoms with Crippen molar-refractivity contribution in [1.82, 2.24) is 9.78 Å². The van der Waals surface area contributed by atoms with Gasteiger partial charge in [-0.05, 0) is 30.9 Å². The summed E-state index contributed by atoms with van der Waals surface area (Å²) in [4.78, 5) is 0. The molecule has 0 unspecified atom stereocenters. The summed E-state index contributed by atoms with van der Waals surface area (Å²) >= 11 is 0. The van der Waals surface area contributed by atoms with E-state index in [1.54, 1.807) is 0 Å². The van der Waals surface area contributed by atoms with E-state index in [0.717, 1.165) is 39.2 Å². The van der Waals surface area contributed by atoms with E-state index < -0.39 is 0 Å². The standard InChI is InChI=1S/C17H19N3O/c1-11-17(12(2)20(3)19-11)21-16-9-8-13(10-18)14-6-4-5-7-15(14)16/h4-9H,10,18H2,1-3H3. The van der Waals surface area contributed by atoms with Crippen LogP contribution in [0.1, 0.15) is 17.0 Å². The molecule has 21 heavy (non-hydrogen) atoms. The fraction of sp³-hybridized carbons (Fsp3) is 0.235. The molecule has 2 aromatic carbocycles.